The molecule has 0 aliphatic rings. The van der Waals surface area contributed by atoms with Crippen LogP contribution in [0, 0.1) is 0 Å². The van der Waals surface area contributed by atoms with E-state index in [2.05, 4.69) is 10.6 Å². The number of carbonyl (C=O) groups is 1. The lowest BCUT2D eigenvalue weighted by atomic mass is 10.1. The van der Waals surface area contributed by atoms with Crippen molar-refractivity contribution in [1.82, 2.24) is 15.5 Å². The molecular formula is C19H29N3O4S. The predicted molar refractivity (Wildman–Crippen MR) is 112 cm³/mol. The zero-order chi connectivity index (χ0) is 20.2. The smallest absolute Gasteiger partial charge is 0.243 e. The molecule has 150 valence electrons. The topological polar surface area (TPSA) is 72.1 Å². The number of carbonyl (C=O) groups excluding carboxylic acids is 1. The van der Waals surface area contributed by atoms with Crippen molar-refractivity contribution in [2.75, 3.05) is 48.5 Å². The van der Waals surface area contributed by atoms with Gasteiger partial charge in [-0.25, -0.2) is 0 Å². The summed E-state index contributed by atoms with van der Waals surface area (Å²) in [6, 6.07) is 3.56. The lowest BCUT2D eigenvalue weighted by Crippen LogP contribution is -2.35. The molecule has 7 nitrogen and oxygen atoms in total. The van der Waals surface area contributed by atoms with Crippen LogP contribution < -0.4 is 24.8 Å². The monoisotopic (exact) mass is 395 g/mol. The molecule has 0 spiro atoms. The van der Waals surface area contributed by atoms with Crippen LogP contribution in [0.5, 0.6) is 17.2 Å². The number of nitrogens with one attached hydrogen (secondary N) is 2. The van der Waals surface area contributed by atoms with Crippen LogP contribution in [-0.2, 0) is 4.79 Å². The minimum Gasteiger partial charge on any atom is -0.493 e. The highest BCUT2D eigenvalue weighted by molar-refractivity contribution is 7.80. The van der Waals surface area contributed by atoms with Crippen molar-refractivity contribution in [2.24, 2.45) is 0 Å². The Morgan fingerprint density at radius 1 is 1.04 bits per heavy atom. The van der Waals surface area contributed by atoms with E-state index in [1.807, 2.05) is 19.0 Å². The second-order valence-corrected chi connectivity index (χ2v) is 6.30. The van der Waals surface area contributed by atoms with Crippen LogP contribution in [0.4, 0.5) is 0 Å². The third kappa shape index (κ3) is 7.74. The molecule has 0 saturated carbocycles. The van der Waals surface area contributed by atoms with Gasteiger partial charge in [0.05, 0.1) is 21.3 Å². The summed E-state index contributed by atoms with van der Waals surface area (Å²) >= 11 is 5.14. The van der Waals surface area contributed by atoms with Gasteiger partial charge in [-0.05, 0) is 48.8 Å². The number of benzene rings is 1. The Balaban J connectivity index is 2.46. The zero-order valence-electron chi connectivity index (χ0n) is 16.6. The second-order valence-electron chi connectivity index (χ2n) is 5.92. The third-order valence-electron chi connectivity index (χ3n) is 3.70. The van der Waals surface area contributed by atoms with Gasteiger partial charge in [0.2, 0.25) is 11.7 Å². The molecule has 0 atom stereocenters. The number of amides is 1. The van der Waals surface area contributed by atoms with E-state index in [1.54, 1.807) is 39.5 Å². The molecular weight excluding hydrogens is 366 g/mol. The van der Waals surface area contributed by atoms with Crippen molar-refractivity contribution in [1.29, 1.82) is 0 Å². The van der Waals surface area contributed by atoms with E-state index in [9.17, 15) is 4.79 Å². The highest BCUT2D eigenvalue weighted by Crippen LogP contribution is 2.38. The van der Waals surface area contributed by atoms with E-state index in [0.29, 0.717) is 28.9 Å². The van der Waals surface area contributed by atoms with Crippen LogP contribution in [0.1, 0.15) is 18.4 Å². The fourth-order valence-electron chi connectivity index (χ4n) is 2.24. The summed E-state index contributed by atoms with van der Waals surface area (Å²) in [5.41, 5.74) is 0.779. The van der Waals surface area contributed by atoms with E-state index in [0.717, 1.165) is 24.9 Å². The van der Waals surface area contributed by atoms with Gasteiger partial charge >= 0.3 is 0 Å². The molecule has 27 heavy (non-hydrogen) atoms. The van der Waals surface area contributed by atoms with Gasteiger partial charge in [0.25, 0.3) is 0 Å². The largest absolute Gasteiger partial charge is 0.493 e. The molecule has 0 unspecified atom stereocenters. The zero-order valence-corrected chi connectivity index (χ0v) is 17.4. The molecule has 0 aliphatic carbocycles. The summed E-state index contributed by atoms with van der Waals surface area (Å²) in [5, 5.41) is 6.72. The first-order valence-electron chi connectivity index (χ1n) is 8.64. The first-order chi connectivity index (χ1) is 12.9. The fraction of sp³-hybridized carbons (Fsp3) is 0.474. The van der Waals surface area contributed by atoms with Gasteiger partial charge in [-0.1, -0.05) is 0 Å². The normalized spacial score (nSPS) is 10.4. The van der Waals surface area contributed by atoms with Crippen molar-refractivity contribution in [3.8, 4) is 17.2 Å². The summed E-state index contributed by atoms with van der Waals surface area (Å²) in [6.07, 6.45) is 4.98. The number of ether oxygens (including phenoxy) is 3. The molecule has 0 aliphatic heterocycles. The molecule has 0 heterocycles. The Bertz CT molecular complexity index is 637. The minimum absolute atomic E-state index is 0.152. The van der Waals surface area contributed by atoms with Gasteiger partial charge in [-0.3, -0.25) is 4.79 Å². The summed E-state index contributed by atoms with van der Waals surface area (Å²) in [6.45, 7) is 1.39. The van der Waals surface area contributed by atoms with Crippen LogP contribution in [0.25, 0.3) is 6.08 Å². The Kier molecular flexibility index (Phi) is 10.0. The van der Waals surface area contributed by atoms with Crippen molar-refractivity contribution in [2.45, 2.75) is 12.8 Å². The summed E-state index contributed by atoms with van der Waals surface area (Å²) < 4.78 is 15.9. The number of nitrogens with zero attached hydrogens (tertiary/aromatic N) is 1. The van der Waals surface area contributed by atoms with Crippen LogP contribution >= 0.6 is 12.2 Å². The van der Waals surface area contributed by atoms with Gasteiger partial charge in [-0.2, -0.15) is 0 Å². The number of hydrogen-bond acceptors (Lipinski definition) is 5. The average molecular weight is 396 g/mol. The summed E-state index contributed by atoms with van der Waals surface area (Å²) in [5.74, 6) is 1.45. The Morgan fingerprint density at radius 2 is 1.59 bits per heavy atom. The lowest BCUT2D eigenvalue weighted by molar-refractivity contribution is -0.116. The van der Waals surface area contributed by atoms with Gasteiger partial charge in [0.1, 0.15) is 0 Å². The van der Waals surface area contributed by atoms with Crippen molar-refractivity contribution in [3.63, 3.8) is 0 Å². The number of hydrogen-bond donors (Lipinski definition) is 2. The van der Waals surface area contributed by atoms with E-state index >= 15 is 0 Å². The fourth-order valence-corrected chi connectivity index (χ4v) is 2.35. The lowest BCUT2D eigenvalue weighted by Gasteiger charge is -2.15. The second kappa shape index (κ2) is 12.0. The molecule has 0 radical (unpaired) electrons. The maximum atomic E-state index is 12.0. The maximum Gasteiger partial charge on any atom is 0.243 e. The number of methoxy groups -OCH3 is 3. The van der Waals surface area contributed by atoms with Gasteiger partial charge < -0.3 is 29.7 Å². The van der Waals surface area contributed by atoms with E-state index < -0.39 is 0 Å². The Labute approximate surface area is 166 Å². The van der Waals surface area contributed by atoms with Crippen molar-refractivity contribution < 1.29 is 19.0 Å². The van der Waals surface area contributed by atoms with Gasteiger partial charge in [-0.15, -0.1) is 0 Å². The number of rotatable bonds is 10. The average Bonchev–Trinajstić information content (AvgIpc) is 2.67. The molecule has 0 saturated heterocycles. The van der Waals surface area contributed by atoms with Gasteiger partial charge in [0.15, 0.2) is 16.6 Å². The Hall–Kier alpha value is -2.48. The third-order valence-corrected chi connectivity index (χ3v) is 4.21. The van der Waals surface area contributed by atoms with Crippen molar-refractivity contribution in [3.05, 3.63) is 23.8 Å². The van der Waals surface area contributed by atoms with E-state index in [-0.39, 0.29) is 5.91 Å². The minimum atomic E-state index is -0.152. The molecule has 1 aromatic rings. The van der Waals surface area contributed by atoms with Crippen LogP contribution in [0.3, 0.4) is 0 Å². The van der Waals surface area contributed by atoms with Crippen molar-refractivity contribution >= 4 is 29.3 Å². The highest BCUT2D eigenvalue weighted by atomic mass is 32.1. The molecule has 2 N–H and O–H groups in total. The first kappa shape index (κ1) is 22.6. The SMILES string of the molecule is COc1cc(/C=C/C(=O)NCCCCNC(=S)N(C)C)cc(OC)c1OC. The van der Waals surface area contributed by atoms with Crippen LogP contribution in [-0.4, -0.2) is 64.4 Å². The molecule has 0 aromatic heterocycles. The summed E-state index contributed by atoms with van der Waals surface area (Å²) in [4.78, 5) is 13.8. The van der Waals surface area contributed by atoms with E-state index in [4.69, 9.17) is 26.4 Å². The van der Waals surface area contributed by atoms with Gasteiger partial charge in [0, 0.05) is 33.3 Å². The first-order valence-corrected chi connectivity index (χ1v) is 9.04. The maximum absolute atomic E-state index is 12.0. The predicted octanol–water partition coefficient (Wildman–Crippen LogP) is 2.06. The van der Waals surface area contributed by atoms with Crippen LogP contribution in [0.2, 0.25) is 0 Å². The standard InChI is InChI=1S/C19H29N3O4S/c1-22(2)19(27)21-11-7-6-10-20-17(23)9-8-14-12-15(24-3)18(26-5)16(13-14)25-4/h8-9,12-13H,6-7,10-11H2,1-5H3,(H,20,23)(H,21,27)/b9-8+. The molecule has 1 rings (SSSR count). The Morgan fingerprint density at radius 3 is 2.07 bits per heavy atom. The molecule has 1 aromatic carbocycles. The van der Waals surface area contributed by atoms with E-state index in [1.165, 1.54) is 6.08 Å². The molecule has 0 bridgehead atoms. The molecule has 8 heteroatoms. The quantitative estimate of drug-likeness (QED) is 0.357. The number of thiocarbonyl (C=S) groups is 1. The van der Waals surface area contributed by atoms with Crippen LogP contribution in [0.15, 0.2) is 18.2 Å². The highest BCUT2D eigenvalue weighted by Gasteiger charge is 2.12. The number of unbranched alkanes of at least 4 members (excludes halogenated alkanes) is 1. The molecule has 0 fully saturated rings. The molecule has 1 amide bonds. The summed E-state index contributed by atoms with van der Waals surface area (Å²) in [7, 11) is 8.45.